The summed E-state index contributed by atoms with van der Waals surface area (Å²) in [6.07, 6.45) is 7.30. The maximum Gasteiger partial charge on any atom is 0.146 e. The summed E-state index contributed by atoms with van der Waals surface area (Å²) >= 11 is 0. The number of hydrogen-bond donors (Lipinski definition) is 2. The van der Waals surface area contributed by atoms with E-state index < -0.39 is 0 Å². The van der Waals surface area contributed by atoms with E-state index in [4.69, 9.17) is 0 Å². The molecule has 0 saturated carbocycles. The number of rotatable bonds is 8. The van der Waals surface area contributed by atoms with Crippen LogP contribution in [0.1, 0.15) is 5.56 Å². The van der Waals surface area contributed by atoms with Crippen molar-refractivity contribution in [1.82, 2.24) is 24.5 Å². The van der Waals surface area contributed by atoms with Gasteiger partial charge in [0.25, 0.3) is 0 Å². The van der Waals surface area contributed by atoms with Crippen LogP contribution in [0, 0.1) is 11.3 Å². The zero-order valence-electron chi connectivity index (χ0n) is 13.1. The van der Waals surface area contributed by atoms with Crippen LogP contribution in [0.3, 0.4) is 0 Å². The fourth-order valence-electron chi connectivity index (χ4n) is 2.24. The maximum atomic E-state index is 9.21. The lowest BCUT2D eigenvalue weighted by Crippen LogP contribution is -2.15. The minimum atomic E-state index is 0.521. The molecule has 0 spiro atoms. The number of hydrogen-bond acceptors (Lipinski definition) is 6. The summed E-state index contributed by atoms with van der Waals surface area (Å²) in [7, 11) is 0. The second kappa shape index (κ2) is 7.78. The molecular formula is C16H18N8. The van der Waals surface area contributed by atoms with E-state index in [1.165, 1.54) is 0 Å². The molecule has 24 heavy (non-hydrogen) atoms. The van der Waals surface area contributed by atoms with E-state index in [1.54, 1.807) is 24.5 Å². The molecule has 0 aliphatic heterocycles. The standard InChI is InChI=1S/C16H18N8/c17-13-14-3-4-15(18-7-11-23-9-1-5-20-23)22-16(14)19-8-12-24-10-2-6-21-24/h1-6,9-10H,7-8,11-12H2,(H2,18,19,22). The summed E-state index contributed by atoms with van der Waals surface area (Å²) in [6, 6.07) is 9.49. The van der Waals surface area contributed by atoms with Crippen molar-refractivity contribution in [1.29, 1.82) is 5.26 Å². The highest BCUT2D eigenvalue weighted by Gasteiger charge is 2.05. The second-order valence-electron chi connectivity index (χ2n) is 5.10. The zero-order chi connectivity index (χ0) is 16.6. The molecule has 8 heteroatoms. The van der Waals surface area contributed by atoms with Crippen LogP contribution >= 0.6 is 0 Å². The van der Waals surface area contributed by atoms with Crippen molar-refractivity contribution in [3.63, 3.8) is 0 Å². The third kappa shape index (κ3) is 4.10. The Bertz CT molecular complexity index is 786. The van der Waals surface area contributed by atoms with Crippen molar-refractivity contribution in [2.75, 3.05) is 23.7 Å². The van der Waals surface area contributed by atoms with Gasteiger partial charge < -0.3 is 10.6 Å². The Balaban J connectivity index is 1.56. The number of pyridine rings is 1. The van der Waals surface area contributed by atoms with E-state index in [0.29, 0.717) is 31.0 Å². The minimum Gasteiger partial charge on any atom is -0.368 e. The molecule has 0 aromatic carbocycles. The van der Waals surface area contributed by atoms with Crippen molar-refractivity contribution in [2.45, 2.75) is 13.1 Å². The summed E-state index contributed by atoms with van der Waals surface area (Å²) in [5.74, 6) is 1.30. The van der Waals surface area contributed by atoms with Crippen LogP contribution in [0.2, 0.25) is 0 Å². The molecule has 3 rings (SSSR count). The molecule has 0 unspecified atom stereocenters. The molecule has 0 fully saturated rings. The first-order chi connectivity index (χ1) is 11.8. The zero-order valence-corrected chi connectivity index (χ0v) is 13.1. The number of nitrogens with one attached hydrogen (secondary N) is 2. The van der Waals surface area contributed by atoms with Gasteiger partial charge in [0, 0.05) is 37.9 Å². The lowest BCUT2D eigenvalue weighted by atomic mass is 10.2. The average Bonchev–Trinajstić information content (AvgIpc) is 3.29. The van der Waals surface area contributed by atoms with E-state index in [0.717, 1.165) is 12.4 Å². The molecule has 122 valence electrons. The minimum absolute atomic E-state index is 0.521. The van der Waals surface area contributed by atoms with E-state index in [9.17, 15) is 5.26 Å². The Morgan fingerprint density at radius 1 is 0.958 bits per heavy atom. The highest BCUT2D eigenvalue weighted by molar-refractivity contribution is 5.56. The predicted octanol–water partition coefficient (Wildman–Crippen LogP) is 1.57. The molecule has 2 N–H and O–H groups in total. The predicted molar refractivity (Wildman–Crippen MR) is 90.4 cm³/mol. The first-order valence-electron chi connectivity index (χ1n) is 7.69. The molecular weight excluding hydrogens is 304 g/mol. The summed E-state index contributed by atoms with van der Waals surface area (Å²) < 4.78 is 3.67. The lowest BCUT2D eigenvalue weighted by Gasteiger charge is -2.11. The second-order valence-corrected chi connectivity index (χ2v) is 5.10. The van der Waals surface area contributed by atoms with Crippen LogP contribution in [0.25, 0.3) is 0 Å². The summed E-state index contributed by atoms with van der Waals surface area (Å²) in [4.78, 5) is 4.48. The Hall–Kier alpha value is -3.34. The first kappa shape index (κ1) is 15.6. The third-order valence-electron chi connectivity index (χ3n) is 3.41. The quantitative estimate of drug-likeness (QED) is 0.653. The SMILES string of the molecule is N#Cc1ccc(NCCn2cccn2)nc1NCCn1cccn1. The number of nitrogens with zero attached hydrogens (tertiary/aromatic N) is 6. The molecule has 0 aliphatic rings. The molecule has 0 bridgehead atoms. The Morgan fingerprint density at radius 2 is 1.62 bits per heavy atom. The normalized spacial score (nSPS) is 10.3. The van der Waals surface area contributed by atoms with Gasteiger partial charge in [-0.05, 0) is 24.3 Å². The van der Waals surface area contributed by atoms with Crippen LogP contribution in [-0.4, -0.2) is 37.6 Å². The Morgan fingerprint density at radius 3 is 2.21 bits per heavy atom. The van der Waals surface area contributed by atoms with E-state index in [-0.39, 0.29) is 0 Å². The molecule has 3 heterocycles. The van der Waals surface area contributed by atoms with Crippen LogP contribution < -0.4 is 10.6 Å². The van der Waals surface area contributed by atoms with Crippen molar-refractivity contribution < 1.29 is 0 Å². The summed E-state index contributed by atoms with van der Waals surface area (Å²) in [6.45, 7) is 2.79. The summed E-state index contributed by atoms with van der Waals surface area (Å²) in [5, 5.41) is 23.9. The van der Waals surface area contributed by atoms with Gasteiger partial charge in [-0.15, -0.1) is 0 Å². The fourth-order valence-corrected chi connectivity index (χ4v) is 2.24. The van der Waals surface area contributed by atoms with Crippen LogP contribution in [-0.2, 0) is 13.1 Å². The maximum absolute atomic E-state index is 9.21. The lowest BCUT2D eigenvalue weighted by molar-refractivity contribution is 0.635. The molecule has 0 aliphatic carbocycles. The Kier molecular flexibility index (Phi) is 5.04. The van der Waals surface area contributed by atoms with Gasteiger partial charge in [0.15, 0.2) is 0 Å². The van der Waals surface area contributed by atoms with E-state index in [2.05, 4.69) is 31.9 Å². The van der Waals surface area contributed by atoms with Crippen molar-refractivity contribution in [3.05, 3.63) is 54.6 Å². The molecule has 0 saturated heterocycles. The van der Waals surface area contributed by atoms with E-state index in [1.807, 2.05) is 33.9 Å². The van der Waals surface area contributed by atoms with Crippen molar-refractivity contribution in [2.24, 2.45) is 0 Å². The topological polar surface area (TPSA) is 96.4 Å². The monoisotopic (exact) mass is 322 g/mol. The molecule has 3 aromatic rings. The smallest absolute Gasteiger partial charge is 0.146 e. The fraction of sp³-hybridized carbons (Fsp3) is 0.250. The largest absolute Gasteiger partial charge is 0.368 e. The third-order valence-corrected chi connectivity index (χ3v) is 3.41. The molecule has 0 atom stereocenters. The number of nitriles is 1. The highest BCUT2D eigenvalue weighted by atomic mass is 15.3. The van der Waals surface area contributed by atoms with Crippen molar-refractivity contribution in [3.8, 4) is 6.07 Å². The van der Waals surface area contributed by atoms with Gasteiger partial charge in [-0.25, -0.2) is 4.98 Å². The summed E-state index contributed by atoms with van der Waals surface area (Å²) in [5.41, 5.74) is 0.521. The van der Waals surface area contributed by atoms with Crippen LogP contribution in [0.5, 0.6) is 0 Å². The average molecular weight is 322 g/mol. The van der Waals surface area contributed by atoms with E-state index >= 15 is 0 Å². The van der Waals surface area contributed by atoms with Crippen LogP contribution in [0.15, 0.2) is 49.1 Å². The van der Waals surface area contributed by atoms with Gasteiger partial charge in [0.05, 0.1) is 18.7 Å². The number of anilines is 2. The highest BCUT2D eigenvalue weighted by Crippen LogP contribution is 2.15. The molecule has 3 aromatic heterocycles. The van der Waals surface area contributed by atoms with Gasteiger partial charge in [0.2, 0.25) is 0 Å². The van der Waals surface area contributed by atoms with Gasteiger partial charge in [-0.3, -0.25) is 9.36 Å². The molecule has 0 amide bonds. The van der Waals surface area contributed by atoms with Gasteiger partial charge in [-0.1, -0.05) is 0 Å². The van der Waals surface area contributed by atoms with Gasteiger partial charge >= 0.3 is 0 Å². The first-order valence-corrected chi connectivity index (χ1v) is 7.69. The van der Waals surface area contributed by atoms with Gasteiger partial charge in [0.1, 0.15) is 17.7 Å². The molecule has 0 radical (unpaired) electrons. The Labute approximate surface area is 139 Å². The van der Waals surface area contributed by atoms with Crippen molar-refractivity contribution >= 4 is 11.6 Å². The van der Waals surface area contributed by atoms with Crippen LogP contribution in [0.4, 0.5) is 11.6 Å². The number of aromatic nitrogens is 5. The van der Waals surface area contributed by atoms with Gasteiger partial charge in [-0.2, -0.15) is 15.5 Å². The molecule has 8 nitrogen and oxygen atoms in total.